The van der Waals surface area contributed by atoms with Crippen LogP contribution in [-0.4, -0.2) is 25.2 Å². The molecule has 0 saturated carbocycles. The van der Waals surface area contributed by atoms with Gasteiger partial charge in [-0.15, -0.1) is 0 Å². The molecule has 1 amide bonds. The lowest BCUT2D eigenvalue weighted by Crippen LogP contribution is -2.34. The number of ether oxygens (including phenoxy) is 2. The molecule has 4 nitrogen and oxygen atoms in total. The molecule has 126 valence electrons. The van der Waals surface area contributed by atoms with Crippen LogP contribution in [0.4, 0.5) is 0 Å². The Labute approximate surface area is 142 Å². The number of carbonyl (C=O) groups excluding carboxylic acids is 1. The molecule has 0 aromatic heterocycles. The van der Waals surface area contributed by atoms with E-state index in [1.54, 1.807) is 12.1 Å². The maximum absolute atomic E-state index is 12.3. The van der Waals surface area contributed by atoms with Gasteiger partial charge in [-0.2, -0.15) is 0 Å². The van der Waals surface area contributed by atoms with Gasteiger partial charge in [-0.3, -0.25) is 4.79 Å². The van der Waals surface area contributed by atoms with Crippen molar-refractivity contribution in [2.45, 2.75) is 32.7 Å². The maximum Gasteiger partial charge on any atom is 0.251 e. The molecule has 1 unspecified atom stereocenters. The number of rotatable bonds is 6. The second-order valence-corrected chi connectivity index (χ2v) is 6.08. The van der Waals surface area contributed by atoms with Crippen molar-refractivity contribution in [3.05, 3.63) is 59.2 Å². The number of carbonyl (C=O) groups is 1. The van der Waals surface area contributed by atoms with E-state index in [-0.39, 0.29) is 11.9 Å². The molecule has 0 aliphatic carbocycles. The monoisotopic (exact) mass is 325 g/mol. The van der Waals surface area contributed by atoms with Gasteiger partial charge in [0.15, 0.2) is 0 Å². The number of benzene rings is 2. The van der Waals surface area contributed by atoms with Gasteiger partial charge in [0, 0.05) is 18.0 Å². The Hall–Kier alpha value is -2.49. The lowest BCUT2D eigenvalue weighted by Gasteiger charge is -2.15. The van der Waals surface area contributed by atoms with Crippen LogP contribution in [0.15, 0.2) is 42.5 Å². The van der Waals surface area contributed by atoms with Crippen LogP contribution in [0.5, 0.6) is 11.5 Å². The molecular formula is C20H23NO3. The Kier molecular flexibility index (Phi) is 5.04. The first-order valence-electron chi connectivity index (χ1n) is 8.44. The quantitative estimate of drug-likeness (QED) is 0.886. The average molecular weight is 325 g/mol. The standard InChI is InChI=1S/C20H23NO3/c1-3-23-18-7-5-16(6-8-18)20(22)21-14(2)12-15-4-9-19-17(13-15)10-11-24-19/h4-9,13-14H,3,10-12H2,1-2H3,(H,21,22). The second kappa shape index (κ2) is 7.39. The van der Waals surface area contributed by atoms with E-state index in [1.165, 1.54) is 11.1 Å². The van der Waals surface area contributed by atoms with Crippen molar-refractivity contribution in [3.8, 4) is 11.5 Å². The highest BCUT2D eigenvalue weighted by atomic mass is 16.5. The molecule has 24 heavy (non-hydrogen) atoms. The number of hydrogen-bond acceptors (Lipinski definition) is 3. The second-order valence-electron chi connectivity index (χ2n) is 6.08. The van der Waals surface area contributed by atoms with Crippen LogP contribution in [0.2, 0.25) is 0 Å². The van der Waals surface area contributed by atoms with E-state index in [1.807, 2.05) is 32.0 Å². The molecule has 2 aromatic rings. The minimum absolute atomic E-state index is 0.0597. The van der Waals surface area contributed by atoms with E-state index < -0.39 is 0 Å². The Bertz CT molecular complexity index is 709. The van der Waals surface area contributed by atoms with E-state index >= 15 is 0 Å². The number of hydrogen-bond donors (Lipinski definition) is 1. The van der Waals surface area contributed by atoms with Gasteiger partial charge in [0.1, 0.15) is 11.5 Å². The highest BCUT2D eigenvalue weighted by Crippen LogP contribution is 2.26. The average Bonchev–Trinajstić information content (AvgIpc) is 3.03. The predicted molar refractivity (Wildman–Crippen MR) is 93.9 cm³/mol. The molecule has 3 rings (SSSR count). The van der Waals surface area contributed by atoms with E-state index in [2.05, 4.69) is 17.4 Å². The molecule has 1 heterocycles. The minimum atomic E-state index is -0.0601. The summed E-state index contributed by atoms with van der Waals surface area (Å²) in [7, 11) is 0. The fourth-order valence-corrected chi connectivity index (χ4v) is 2.95. The molecule has 1 aliphatic heterocycles. The summed E-state index contributed by atoms with van der Waals surface area (Å²) in [5.41, 5.74) is 3.13. The summed E-state index contributed by atoms with van der Waals surface area (Å²) >= 11 is 0. The van der Waals surface area contributed by atoms with Gasteiger partial charge in [-0.25, -0.2) is 0 Å². The third-order valence-electron chi connectivity index (χ3n) is 4.10. The summed E-state index contributed by atoms with van der Waals surface area (Å²) in [5.74, 6) is 1.71. The largest absolute Gasteiger partial charge is 0.494 e. The van der Waals surface area contributed by atoms with Crippen LogP contribution in [0, 0.1) is 0 Å². The smallest absolute Gasteiger partial charge is 0.251 e. The molecule has 0 spiro atoms. The maximum atomic E-state index is 12.3. The van der Waals surface area contributed by atoms with Crippen LogP contribution >= 0.6 is 0 Å². The summed E-state index contributed by atoms with van der Waals surface area (Å²) in [6.07, 6.45) is 1.77. The molecule has 1 atom stereocenters. The summed E-state index contributed by atoms with van der Waals surface area (Å²) in [5, 5.41) is 3.05. The van der Waals surface area contributed by atoms with Gasteiger partial charge >= 0.3 is 0 Å². The fraction of sp³-hybridized carbons (Fsp3) is 0.350. The first-order valence-corrected chi connectivity index (χ1v) is 8.44. The molecule has 4 heteroatoms. The van der Waals surface area contributed by atoms with Crippen molar-refractivity contribution >= 4 is 5.91 Å². The zero-order valence-electron chi connectivity index (χ0n) is 14.2. The van der Waals surface area contributed by atoms with Crippen molar-refractivity contribution in [1.29, 1.82) is 0 Å². The molecule has 0 bridgehead atoms. The van der Waals surface area contributed by atoms with E-state index in [4.69, 9.17) is 9.47 Å². The van der Waals surface area contributed by atoms with Gasteiger partial charge in [0.25, 0.3) is 5.91 Å². The zero-order valence-corrected chi connectivity index (χ0v) is 14.2. The van der Waals surface area contributed by atoms with Crippen molar-refractivity contribution < 1.29 is 14.3 Å². The zero-order chi connectivity index (χ0) is 16.9. The highest BCUT2D eigenvalue weighted by Gasteiger charge is 2.14. The van der Waals surface area contributed by atoms with Crippen LogP contribution in [0.3, 0.4) is 0 Å². The fourth-order valence-electron chi connectivity index (χ4n) is 2.95. The third-order valence-corrected chi connectivity index (χ3v) is 4.10. The Morgan fingerprint density at radius 1 is 1.25 bits per heavy atom. The topological polar surface area (TPSA) is 47.6 Å². The molecule has 0 radical (unpaired) electrons. The van der Waals surface area contributed by atoms with Gasteiger partial charge in [-0.1, -0.05) is 12.1 Å². The van der Waals surface area contributed by atoms with Gasteiger partial charge < -0.3 is 14.8 Å². The Balaban J connectivity index is 1.57. The number of fused-ring (bicyclic) bond motifs is 1. The van der Waals surface area contributed by atoms with Crippen molar-refractivity contribution in [3.63, 3.8) is 0 Å². The van der Waals surface area contributed by atoms with Crippen molar-refractivity contribution in [2.75, 3.05) is 13.2 Å². The number of amides is 1. The van der Waals surface area contributed by atoms with Crippen LogP contribution in [-0.2, 0) is 12.8 Å². The summed E-state index contributed by atoms with van der Waals surface area (Å²) in [6.45, 7) is 5.35. The molecular weight excluding hydrogens is 302 g/mol. The van der Waals surface area contributed by atoms with Gasteiger partial charge in [0.05, 0.1) is 13.2 Å². The lowest BCUT2D eigenvalue weighted by atomic mass is 10.0. The SMILES string of the molecule is CCOc1ccc(C(=O)NC(C)Cc2ccc3c(c2)CCO3)cc1. The summed E-state index contributed by atoms with van der Waals surface area (Å²) in [6, 6.07) is 13.6. The van der Waals surface area contributed by atoms with Gasteiger partial charge in [-0.05, 0) is 61.7 Å². The summed E-state index contributed by atoms with van der Waals surface area (Å²) in [4.78, 5) is 12.3. The minimum Gasteiger partial charge on any atom is -0.494 e. The molecule has 1 N–H and O–H groups in total. The molecule has 0 fully saturated rings. The number of nitrogens with one attached hydrogen (secondary N) is 1. The normalized spacial score (nSPS) is 13.8. The lowest BCUT2D eigenvalue weighted by molar-refractivity contribution is 0.0940. The van der Waals surface area contributed by atoms with Crippen LogP contribution in [0.25, 0.3) is 0 Å². The first-order chi connectivity index (χ1) is 11.7. The predicted octanol–water partition coefficient (Wildman–Crippen LogP) is 3.38. The first kappa shape index (κ1) is 16.4. The van der Waals surface area contributed by atoms with E-state index in [0.29, 0.717) is 12.2 Å². The Morgan fingerprint density at radius 2 is 2.04 bits per heavy atom. The van der Waals surface area contributed by atoms with E-state index in [9.17, 15) is 4.79 Å². The molecule has 0 saturated heterocycles. The molecule has 2 aromatic carbocycles. The highest BCUT2D eigenvalue weighted by molar-refractivity contribution is 5.94. The van der Waals surface area contributed by atoms with Gasteiger partial charge in [0.2, 0.25) is 0 Å². The van der Waals surface area contributed by atoms with Crippen LogP contribution in [0.1, 0.15) is 35.3 Å². The molecule has 1 aliphatic rings. The van der Waals surface area contributed by atoms with Crippen LogP contribution < -0.4 is 14.8 Å². The summed E-state index contributed by atoms with van der Waals surface area (Å²) < 4.78 is 10.9. The van der Waals surface area contributed by atoms with Crippen molar-refractivity contribution in [1.82, 2.24) is 5.32 Å². The van der Waals surface area contributed by atoms with E-state index in [0.717, 1.165) is 30.9 Å². The third kappa shape index (κ3) is 3.88. The Morgan fingerprint density at radius 3 is 2.79 bits per heavy atom. The van der Waals surface area contributed by atoms with Crippen molar-refractivity contribution in [2.24, 2.45) is 0 Å².